The van der Waals surface area contributed by atoms with Crippen LogP contribution in [0.2, 0.25) is 0 Å². The van der Waals surface area contributed by atoms with Gasteiger partial charge in [0.25, 0.3) is 0 Å². The Morgan fingerprint density at radius 3 is 2.19 bits per heavy atom. The van der Waals surface area contributed by atoms with Gasteiger partial charge in [-0.05, 0) is 35.1 Å². The van der Waals surface area contributed by atoms with Crippen molar-refractivity contribution in [3.05, 3.63) is 59.7 Å². The number of fused-ring (bicyclic) bond motifs is 3. The minimum absolute atomic E-state index is 0.00442. The molecule has 4 rings (SSSR count). The van der Waals surface area contributed by atoms with Gasteiger partial charge in [-0.25, -0.2) is 4.79 Å². The first-order valence-electron chi connectivity index (χ1n) is 9.49. The number of carboxylic acid groups (broad SMARTS) is 1. The number of carbonyl (C=O) groups excluding carboxylic acids is 1. The number of carbonyl (C=O) groups is 2. The zero-order valence-corrected chi connectivity index (χ0v) is 15.1. The Hall–Kier alpha value is -2.82. The van der Waals surface area contributed by atoms with E-state index in [4.69, 9.17) is 4.74 Å². The lowest BCUT2D eigenvalue weighted by atomic mass is 9.84. The number of alkyl carbamates (subject to hydrolysis) is 1. The molecule has 0 bridgehead atoms. The predicted octanol–water partition coefficient (Wildman–Crippen LogP) is 4.17. The van der Waals surface area contributed by atoms with Gasteiger partial charge >= 0.3 is 12.1 Å². The third-order valence-corrected chi connectivity index (χ3v) is 5.73. The second-order valence-electron chi connectivity index (χ2n) is 7.31. The Bertz CT molecular complexity index is 817. The molecule has 2 aromatic rings. The molecule has 0 heterocycles. The minimum Gasteiger partial charge on any atom is -0.481 e. The summed E-state index contributed by atoms with van der Waals surface area (Å²) in [6.07, 6.45) is 2.57. The lowest BCUT2D eigenvalue weighted by molar-refractivity contribution is -0.143. The monoisotopic (exact) mass is 365 g/mol. The number of hydrogen-bond acceptors (Lipinski definition) is 3. The Morgan fingerprint density at radius 2 is 1.56 bits per heavy atom. The Balaban J connectivity index is 1.44. The van der Waals surface area contributed by atoms with Crippen LogP contribution in [0.1, 0.15) is 42.7 Å². The highest BCUT2D eigenvalue weighted by Gasteiger charge is 2.33. The molecule has 140 valence electrons. The van der Waals surface area contributed by atoms with E-state index >= 15 is 0 Å². The van der Waals surface area contributed by atoms with Gasteiger partial charge in [0.1, 0.15) is 6.61 Å². The Labute approximate surface area is 158 Å². The van der Waals surface area contributed by atoms with Gasteiger partial charge in [-0.3, -0.25) is 4.79 Å². The molecule has 0 radical (unpaired) electrons. The van der Waals surface area contributed by atoms with Crippen LogP contribution in [0.25, 0.3) is 11.1 Å². The maximum atomic E-state index is 12.3. The number of rotatable bonds is 4. The molecule has 2 aliphatic rings. The van der Waals surface area contributed by atoms with Gasteiger partial charge in [-0.15, -0.1) is 0 Å². The fraction of sp³-hybridized carbons (Fsp3) is 0.364. The van der Waals surface area contributed by atoms with Crippen LogP contribution in [0.5, 0.6) is 0 Å². The minimum atomic E-state index is -0.848. The third kappa shape index (κ3) is 3.42. The zero-order chi connectivity index (χ0) is 18.8. The van der Waals surface area contributed by atoms with Crippen LogP contribution in [0.3, 0.4) is 0 Å². The highest BCUT2D eigenvalue weighted by Crippen LogP contribution is 2.44. The average Bonchev–Trinajstić information content (AvgIpc) is 3.00. The smallest absolute Gasteiger partial charge is 0.407 e. The van der Waals surface area contributed by atoms with Crippen molar-refractivity contribution < 1.29 is 19.4 Å². The molecule has 1 saturated carbocycles. The molecule has 1 unspecified atom stereocenters. The molecule has 0 saturated heterocycles. The third-order valence-electron chi connectivity index (χ3n) is 5.73. The molecule has 1 fully saturated rings. The van der Waals surface area contributed by atoms with E-state index in [0.717, 1.165) is 24.0 Å². The lowest BCUT2D eigenvalue weighted by Gasteiger charge is -2.29. The van der Waals surface area contributed by atoms with Gasteiger partial charge in [-0.1, -0.05) is 61.4 Å². The molecule has 0 aromatic heterocycles. The lowest BCUT2D eigenvalue weighted by Crippen LogP contribution is -2.45. The van der Waals surface area contributed by atoms with Gasteiger partial charge < -0.3 is 15.2 Å². The summed E-state index contributed by atoms with van der Waals surface area (Å²) in [4.78, 5) is 23.7. The van der Waals surface area contributed by atoms with Crippen LogP contribution in [0.15, 0.2) is 48.5 Å². The van der Waals surface area contributed by atoms with Gasteiger partial charge in [-0.2, -0.15) is 0 Å². The van der Waals surface area contributed by atoms with E-state index < -0.39 is 18.0 Å². The van der Waals surface area contributed by atoms with Crippen LogP contribution in [0.4, 0.5) is 4.79 Å². The van der Waals surface area contributed by atoms with Crippen molar-refractivity contribution in [3.63, 3.8) is 0 Å². The van der Waals surface area contributed by atoms with Crippen LogP contribution in [-0.2, 0) is 9.53 Å². The Morgan fingerprint density at radius 1 is 0.963 bits per heavy atom. The molecule has 27 heavy (non-hydrogen) atoms. The number of aliphatic carboxylic acids is 1. The van der Waals surface area contributed by atoms with Gasteiger partial charge in [0, 0.05) is 12.0 Å². The summed E-state index contributed by atoms with van der Waals surface area (Å²) in [5, 5.41) is 12.1. The number of carboxylic acids is 1. The first-order chi connectivity index (χ1) is 13.1. The summed E-state index contributed by atoms with van der Waals surface area (Å²) in [6.45, 7) is 0.240. The molecular weight excluding hydrogens is 342 g/mol. The second kappa shape index (κ2) is 7.43. The maximum Gasteiger partial charge on any atom is 0.407 e. The summed E-state index contributed by atoms with van der Waals surface area (Å²) < 4.78 is 5.53. The summed E-state index contributed by atoms with van der Waals surface area (Å²) in [5.41, 5.74) is 4.68. The SMILES string of the molecule is O=C(NC1CCCC[C@@H]1C(=O)O)OCC1c2ccccc2-c2ccccc21. The highest BCUT2D eigenvalue weighted by atomic mass is 16.5. The number of ether oxygens (including phenoxy) is 1. The quantitative estimate of drug-likeness (QED) is 0.853. The number of amides is 1. The topological polar surface area (TPSA) is 75.6 Å². The molecule has 5 nitrogen and oxygen atoms in total. The largest absolute Gasteiger partial charge is 0.481 e. The van der Waals surface area contributed by atoms with Crippen LogP contribution >= 0.6 is 0 Å². The van der Waals surface area contributed by atoms with E-state index in [1.54, 1.807) is 0 Å². The molecule has 0 spiro atoms. The number of nitrogens with one attached hydrogen (secondary N) is 1. The summed E-state index contributed by atoms with van der Waals surface area (Å²) in [6, 6.07) is 16.0. The molecule has 2 atom stereocenters. The average molecular weight is 365 g/mol. The molecular formula is C22H23NO4. The second-order valence-corrected chi connectivity index (χ2v) is 7.31. The zero-order valence-electron chi connectivity index (χ0n) is 15.1. The first kappa shape index (κ1) is 17.6. The Kier molecular flexibility index (Phi) is 4.84. The summed E-state index contributed by atoms with van der Waals surface area (Å²) >= 11 is 0. The van der Waals surface area contributed by atoms with Crippen molar-refractivity contribution in [2.45, 2.75) is 37.6 Å². The van der Waals surface area contributed by atoms with E-state index in [0.29, 0.717) is 12.8 Å². The normalized spacial score (nSPS) is 21.2. The number of hydrogen-bond donors (Lipinski definition) is 2. The van der Waals surface area contributed by atoms with E-state index in [1.165, 1.54) is 11.1 Å². The summed E-state index contributed by atoms with van der Waals surface area (Å²) in [5.74, 6) is -1.37. The molecule has 2 aromatic carbocycles. The van der Waals surface area contributed by atoms with E-state index in [1.807, 2.05) is 24.3 Å². The van der Waals surface area contributed by atoms with E-state index in [2.05, 4.69) is 29.6 Å². The maximum absolute atomic E-state index is 12.3. The molecule has 2 N–H and O–H groups in total. The van der Waals surface area contributed by atoms with Crippen molar-refractivity contribution in [1.29, 1.82) is 0 Å². The van der Waals surface area contributed by atoms with E-state index in [-0.39, 0.29) is 18.6 Å². The van der Waals surface area contributed by atoms with Crippen molar-refractivity contribution in [3.8, 4) is 11.1 Å². The van der Waals surface area contributed by atoms with Crippen LogP contribution in [-0.4, -0.2) is 29.8 Å². The molecule has 1 amide bonds. The van der Waals surface area contributed by atoms with Crippen molar-refractivity contribution in [1.82, 2.24) is 5.32 Å². The fourth-order valence-corrected chi connectivity index (χ4v) is 4.39. The molecule has 5 heteroatoms. The molecule has 0 aliphatic heterocycles. The van der Waals surface area contributed by atoms with Crippen molar-refractivity contribution >= 4 is 12.1 Å². The van der Waals surface area contributed by atoms with Gasteiger partial charge in [0.2, 0.25) is 0 Å². The predicted molar refractivity (Wildman–Crippen MR) is 102 cm³/mol. The van der Waals surface area contributed by atoms with Crippen LogP contribution < -0.4 is 5.32 Å². The van der Waals surface area contributed by atoms with Crippen molar-refractivity contribution in [2.24, 2.45) is 5.92 Å². The van der Waals surface area contributed by atoms with E-state index in [9.17, 15) is 14.7 Å². The first-order valence-corrected chi connectivity index (χ1v) is 9.49. The fourth-order valence-electron chi connectivity index (χ4n) is 4.39. The van der Waals surface area contributed by atoms with Gasteiger partial charge in [0.05, 0.1) is 5.92 Å². The van der Waals surface area contributed by atoms with Crippen LogP contribution in [0, 0.1) is 5.92 Å². The highest BCUT2D eigenvalue weighted by molar-refractivity contribution is 5.79. The standard InChI is InChI=1S/C22H23NO4/c24-21(25)18-11-5-6-12-20(18)23-22(26)27-13-19-16-9-3-1-7-14(16)15-8-2-4-10-17(15)19/h1-4,7-10,18-20H,5-6,11-13H2,(H,23,26)(H,24,25)/t18-,20?/m0/s1. The van der Waals surface area contributed by atoms with Crippen molar-refractivity contribution in [2.75, 3.05) is 6.61 Å². The van der Waals surface area contributed by atoms with Gasteiger partial charge in [0.15, 0.2) is 0 Å². The summed E-state index contributed by atoms with van der Waals surface area (Å²) in [7, 11) is 0. The molecule has 2 aliphatic carbocycles. The number of benzene rings is 2.